The van der Waals surface area contributed by atoms with Crippen molar-refractivity contribution in [2.75, 3.05) is 19.0 Å². The molecule has 2 N–H and O–H groups in total. The van der Waals surface area contributed by atoms with Gasteiger partial charge in [0.05, 0.1) is 17.0 Å². The molecule has 3 amide bonds. The number of anilines is 1. The van der Waals surface area contributed by atoms with E-state index in [1.165, 1.54) is 14.0 Å². The van der Waals surface area contributed by atoms with E-state index >= 15 is 0 Å². The van der Waals surface area contributed by atoms with Gasteiger partial charge in [-0.3, -0.25) is 14.4 Å². The van der Waals surface area contributed by atoms with E-state index in [0.29, 0.717) is 21.2 Å². The normalized spacial score (nSPS) is 14.2. The van der Waals surface area contributed by atoms with E-state index in [-0.39, 0.29) is 34.2 Å². The van der Waals surface area contributed by atoms with Gasteiger partial charge in [0, 0.05) is 17.6 Å². The number of halogens is 2. The Morgan fingerprint density at radius 2 is 1.88 bits per heavy atom. The zero-order valence-electron chi connectivity index (χ0n) is 16.9. The molecule has 0 aromatic heterocycles. The van der Waals surface area contributed by atoms with Crippen LogP contribution in [0.5, 0.6) is 11.5 Å². The van der Waals surface area contributed by atoms with Crippen molar-refractivity contribution < 1.29 is 23.9 Å². The third-order valence-corrected chi connectivity index (χ3v) is 5.36. The number of thioether (sulfide) groups is 1. The lowest BCUT2D eigenvalue weighted by molar-refractivity contribution is -0.118. The quantitative estimate of drug-likeness (QED) is 0.586. The molecule has 0 fully saturated rings. The van der Waals surface area contributed by atoms with Crippen LogP contribution in [0.25, 0.3) is 6.08 Å². The topological polar surface area (TPSA) is 106 Å². The van der Waals surface area contributed by atoms with E-state index in [1.807, 2.05) is 0 Å². The SMILES string of the molecule is COc1cc(/C=C2\SC(NC(C)=O)=NC2=O)cc(Cl)c1OCC(=O)Nc1ccc(Cl)cc1. The largest absolute Gasteiger partial charge is 0.493 e. The Labute approximate surface area is 198 Å². The molecule has 0 atom stereocenters. The number of benzene rings is 2. The second-order valence-corrected chi connectivity index (χ2v) is 8.27. The van der Waals surface area contributed by atoms with Crippen molar-refractivity contribution in [2.45, 2.75) is 6.92 Å². The summed E-state index contributed by atoms with van der Waals surface area (Å²) < 4.78 is 10.9. The molecule has 0 unspecified atom stereocenters. The predicted molar refractivity (Wildman–Crippen MR) is 125 cm³/mol. The number of ether oxygens (including phenoxy) is 2. The average Bonchev–Trinajstić information content (AvgIpc) is 3.06. The number of carbonyl (C=O) groups excluding carboxylic acids is 3. The summed E-state index contributed by atoms with van der Waals surface area (Å²) in [6.07, 6.45) is 1.57. The van der Waals surface area contributed by atoms with Gasteiger partial charge in [-0.25, -0.2) is 0 Å². The number of rotatable bonds is 6. The number of carbonyl (C=O) groups is 3. The lowest BCUT2D eigenvalue weighted by Gasteiger charge is -2.13. The van der Waals surface area contributed by atoms with Gasteiger partial charge in [0.25, 0.3) is 11.8 Å². The first-order valence-electron chi connectivity index (χ1n) is 9.11. The molecule has 2 aromatic rings. The second-order valence-electron chi connectivity index (χ2n) is 6.39. The standard InChI is InChI=1S/C21H17Cl2N3O5S/c1-11(27)24-21-26-20(29)17(32-21)9-12-7-15(23)19(16(8-12)30-2)31-10-18(28)25-14-5-3-13(22)4-6-14/h3-9H,10H2,1-2H3,(H,25,28)(H,24,26,27,29)/b17-9-. The minimum atomic E-state index is -0.479. The molecule has 0 radical (unpaired) electrons. The summed E-state index contributed by atoms with van der Waals surface area (Å²) in [5.74, 6) is -0.734. The highest BCUT2D eigenvalue weighted by atomic mass is 35.5. The van der Waals surface area contributed by atoms with Crippen LogP contribution in [0.1, 0.15) is 12.5 Å². The van der Waals surface area contributed by atoms with Crippen LogP contribution in [0.3, 0.4) is 0 Å². The van der Waals surface area contributed by atoms with Crippen molar-refractivity contribution >= 4 is 69.6 Å². The van der Waals surface area contributed by atoms with Gasteiger partial charge in [0.15, 0.2) is 23.3 Å². The van der Waals surface area contributed by atoms with Gasteiger partial charge in [0.2, 0.25) is 5.91 Å². The van der Waals surface area contributed by atoms with Crippen LogP contribution in [0, 0.1) is 0 Å². The number of hydrogen-bond donors (Lipinski definition) is 2. The van der Waals surface area contributed by atoms with Crippen molar-refractivity contribution in [3.8, 4) is 11.5 Å². The second kappa shape index (κ2) is 10.5. The lowest BCUT2D eigenvalue weighted by Crippen LogP contribution is -2.23. The lowest BCUT2D eigenvalue weighted by atomic mass is 10.2. The number of hydrogen-bond acceptors (Lipinski definition) is 6. The van der Waals surface area contributed by atoms with Crippen molar-refractivity contribution in [1.29, 1.82) is 0 Å². The summed E-state index contributed by atoms with van der Waals surface area (Å²) in [4.78, 5) is 39.5. The molecule has 1 aliphatic heterocycles. The van der Waals surface area contributed by atoms with Gasteiger partial charge in [-0.2, -0.15) is 4.99 Å². The molecule has 8 nitrogen and oxygen atoms in total. The molecular formula is C21H17Cl2N3O5S. The molecular weight excluding hydrogens is 477 g/mol. The highest BCUT2D eigenvalue weighted by molar-refractivity contribution is 8.18. The highest BCUT2D eigenvalue weighted by Gasteiger charge is 2.23. The Balaban J connectivity index is 1.70. The summed E-state index contributed by atoms with van der Waals surface area (Å²) in [7, 11) is 1.43. The molecule has 2 aromatic carbocycles. The van der Waals surface area contributed by atoms with Crippen molar-refractivity contribution in [1.82, 2.24) is 5.32 Å². The fourth-order valence-corrected chi connectivity index (χ4v) is 3.86. The summed E-state index contributed by atoms with van der Waals surface area (Å²) in [5, 5.41) is 6.11. The van der Waals surface area contributed by atoms with E-state index in [1.54, 1.807) is 42.5 Å². The van der Waals surface area contributed by atoms with Crippen LogP contribution in [0.4, 0.5) is 5.69 Å². The smallest absolute Gasteiger partial charge is 0.286 e. The number of amidine groups is 1. The van der Waals surface area contributed by atoms with Crippen LogP contribution in [0.2, 0.25) is 10.0 Å². The molecule has 1 aliphatic rings. The summed E-state index contributed by atoms with van der Waals surface area (Å²) in [5.41, 5.74) is 1.13. The first-order chi connectivity index (χ1) is 15.2. The van der Waals surface area contributed by atoms with Gasteiger partial charge in [-0.1, -0.05) is 23.2 Å². The molecule has 11 heteroatoms. The maximum absolute atomic E-state index is 12.2. The third-order valence-electron chi connectivity index (χ3n) is 3.93. The van der Waals surface area contributed by atoms with Gasteiger partial charge in [-0.05, 0) is 59.8 Å². The Hall–Kier alpha value is -3.01. The number of nitrogens with zero attached hydrogens (tertiary/aromatic N) is 1. The first-order valence-corrected chi connectivity index (χ1v) is 10.7. The van der Waals surface area contributed by atoms with Crippen LogP contribution >= 0.6 is 35.0 Å². The Bertz CT molecular complexity index is 1130. The zero-order chi connectivity index (χ0) is 23.3. The summed E-state index contributed by atoms with van der Waals surface area (Å²) >= 11 is 13.2. The van der Waals surface area contributed by atoms with Crippen molar-refractivity contribution in [3.63, 3.8) is 0 Å². The van der Waals surface area contributed by atoms with Crippen LogP contribution in [-0.2, 0) is 14.4 Å². The highest BCUT2D eigenvalue weighted by Crippen LogP contribution is 2.38. The molecule has 3 rings (SSSR count). The molecule has 0 spiro atoms. The number of methoxy groups -OCH3 is 1. The average molecular weight is 494 g/mol. The molecule has 0 saturated carbocycles. The van der Waals surface area contributed by atoms with Gasteiger partial charge in [-0.15, -0.1) is 0 Å². The Morgan fingerprint density at radius 3 is 2.53 bits per heavy atom. The molecule has 1 heterocycles. The van der Waals surface area contributed by atoms with Crippen molar-refractivity contribution in [3.05, 3.63) is 56.9 Å². The zero-order valence-corrected chi connectivity index (χ0v) is 19.2. The Kier molecular flexibility index (Phi) is 7.79. The van der Waals surface area contributed by atoms with E-state index in [2.05, 4.69) is 15.6 Å². The Morgan fingerprint density at radius 1 is 1.16 bits per heavy atom. The maximum atomic E-state index is 12.2. The molecule has 0 aliphatic carbocycles. The molecule has 166 valence electrons. The van der Waals surface area contributed by atoms with Gasteiger partial charge in [0.1, 0.15) is 0 Å². The monoisotopic (exact) mass is 493 g/mol. The fourth-order valence-electron chi connectivity index (χ4n) is 2.60. The van der Waals surface area contributed by atoms with Crippen LogP contribution < -0.4 is 20.1 Å². The summed E-state index contributed by atoms with van der Waals surface area (Å²) in [6.45, 7) is 1.02. The van der Waals surface area contributed by atoms with E-state index in [0.717, 1.165) is 11.8 Å². The van der Waals surface area contributed by atoms with E-state index in [9.17, 15) is 14.4 Å². The third kappa shape index (κ3) is 6.25. The molecule has 0 bridgehead atoms. The first kappa shape index (κ1) is 23.6. The van der Waals surface area contributed by atoms with Crippen LogP contribution in [-0.4, -0.2) is 36.6 Å². The number of aliphatic imine (C=N–C) groups is 1. The van der Waals surface area contributed by atoms with Gasteiger partial charge >= 0.3 is 0 Å². The van der Waals surface area contributed by atoms with E-state index in [4.69, 9.17) is 32.7 Å². The number of nitrogens with one attached hydrogen (secondary N) is 2. The van der Waals surface area contributed by atoms with Crippen molar-refractivity contribution in [2.24, 2.45) is 4.99 Å². The minimum absolute atomic E-state index is 0.183. The molecule has 0 saturated heterocycles. The molecule has 32 heavy (non-hydrogen) atoms. The number of amides is 3. The van der Waals surface area contributed by atoms with Crippen LogP contribution in [0.15, 0.2) is 46.3 Å². The van der Waals surface area contributed by atoms with Gasteiger partial charge < -0.3 is 20.1 Å². The van der Waals surface area contributed by atoms with E-state index < -0.39 is 11.8 Å². The fraction of sp³-hybridized carbons (Fsp3) is 0.143. The predicted octanol–water partition coefficient (Wildman–Crippen LogP) is 4.13. The summed E-state index contributed by atoms with van der Waals surface area (Å²) in [6, 6.07) is 9.81. The minimum Gasteiger partial charge on any atom is -0.493 e. The maximum Gasteiger partial charge on any atom is 0.286 e.